The average molecular weight is 596 g/mol. The molecule has 4 aromatic carbocycles. The maximum absolute atomic E-state index is 14.0. The number of benzene rings is 4. The van der Waals surface area contributed by atoms with E-state index in [0.717, 1.165) is 32.8 Å². The zero-order valence-electron chi connectivity index (χ0n) is 25.3. The van der Waals surface area contributed by atoms with E-state index >= 15 is 0 Å². The molecule has 222 valence electrons. The summed E-state index contributed by atoms with van der Waals surface area (Å²) in [6.45, 7) is 12.9. The predicted molar refractivity (Wildman–Crippen MR) is 174 cm³/mol. The Morgan fingerprint density at radius 2 is 1.51 bits per heavy atom. The molecule has 1 aliphatic rings. The van der Waals surface area contributed by atoms with E-state index in [-0.39, 0.29) is 46.2 Å². The van der Waals surface area contributed by atoms with Crippen molar-refractivity contribution in [3.8, 4) is 11.5 Å². The first-order valence-electron chi connectivity index (χ1n) is 14.2. The summed E-state index contributed by atoms with van der Waals surface area (Å²) in [5.74, 6) is 0.257. The Bertz CT molecular complexity index is 1740. The first-order chi connectivity index (χ1) is 20.4. The highest BCUT2D eigenvalue weighted by Gasteiger charge is 2.35. The molecule has 0 unspecified atom stereocenters. The van der Waals surface area contributed by atoms with Gasteiger partial charge in [-0.15, -0.1) is 0 Å². The van der Waals surface area contributed by atoms with Crippen molar-refractivity contribution in [1.82, 2.24) is 4.72 Å². The van der Waals surface area contributed by atoms with E-state index in [1.54, 1.807) is 30.3 Å². The molecule has 0 heterocycles. The van der Waals surface area contributed by atoms with Crippen LogP contribution in [0, 0.1) is 20.8 Å². The number of nitrogens with one attached hydrogen (secondary N) is 2. The van der Waals surface area contributed by atoms with Gasteiger partial charge in [0.25, 0.3) is 0 Å². The summed E-state index contributed by atoms with van der Waals surface area (Å²) < 4.78 is 9.47. The number of carbonyl (C=O) groups is 2. The highest BCUT2D eigenvalue weighted by Crippen LogP contribution is 2.44. The normalized spacial score (nSPS) is 12.6. The molecule has 0 saturated heterocycles. The summed E-state index contributed by atoms with van der Waals surface area (Å²) >= 11 is 1.45. The fraction of sp³-hybridized carbons (Fsp3) is 0.257. The maximum atomic E-state index is 14.0. The quantitative estimate of drug-likeness (QED) is 0.0834. The van der Waals surface area contributed by atoms with Crippen molar-refractivity contribution >= 4 is 40.6 Å². The van der Waals surface area contributed by atoms with Crippen molar-refractivity contribution in [2.75, 3.05) is 24.2 Å². The van der Waals surface area contributed by atoms with Crippen molar-refractivity contribution in [3.05, 3.63) is 105 Å². The third-order valence-electron chi connectivity index (χ3n) is 7.70. The molecule has 7 nitrogen and oxygen atoms in total. The number of nitrogen functional groups attached to an aromatic ring is 1. The SMILES string of the molecule is Cc1cc(C)c(SNCCO)c(C)c1Nc1cc(Oc2ccc(C(C)(C)C)cc2)c(N)c2c1C(=O)c1ccccc1C2=O. The van der Waals surface area contributed by atoms with Crippen LogP contribution in [-0.2, 0) is 5.41 Å². The highest BCUT2D eigenvalue weighted by molar-refractivity contribution is 7.97. The Balaban J connectivity index is 1.66. The van der Waals surface area contributed by atoms with Crippen molar-refractivity contribution in [2.45, 2.75) is 51.9 Å². The van der Waals surface area contributed by atoms with Gasteiger partial charge in [0.2, 0.25) is 0 Å². The van der Waals surface area contributed by atoms with Gasteiger partial charge < -0.3 is 20.9 Å². The summed E-state index contributed by atoms with van der Waals surface area (Å²) in [6.07, 6.45) is 0. The standard InChI is InChI=1S/C35H37N3O4S/c1-19-17-20(2)34(43-37-15-16-39)21(3)31(19)38-26-18-27(42-23-13-11-22(12-14-23)35(4,5)6)30(36)29-28(26)32(40)24-9-7-8-10-25(24)33(29)41/h7-14,17-18,37-39H,15-16,36H2,1-6H3. The Hall–Kier alpha value is -4.11. The lowest BCUT2D eigenvalue weighted by atomic mass is 9.82. The third-order valence-corrected chi connectivity index (χ3v) is 8.88. The molecule has 0 saturated carbocycles. The van der Waals surface area contributed by atoms with Gasteiger partial charge in [-0.1, -0.05) is 63.2 Å². The molecule has 0 bridgehead atoms. The topological polar surface area (TPSA) is 114 Å². The number of hydrogen-bond donors (Lipinski definition) is 4. The van der Waals surface area contributed by atoms with Crippen LogP contribution in [0.5, 0.6) is 11.5 Å². The zero-order chi connectivity index (χ0) is 31.1. The second kappa shape index (κ2) is 11.9. The molecule has 0 spiro atoms. The van der Waals surface area contributed by atoms with Gasteiger partial charge in [0.05, 0.1) is 29.1 Å². The molecular weight excluding hydrogens is 558 g/mol. The first kappa shape index (κ1) is 30.4. The number of nitrogens with two attached hydrogens (primary N) is 1. The van der Waals surface area contributed by atoms with E-state index in [4.69, 9.17) is 10.5 Å². The third kappa shape index (κ3) is 5.78. The minimum Gasteiger partial charge on any atom is -0.455 e. The van der Waals surface area contributed by atoms with Crippen LogP contribution in [0.1, 0.15) is 74.9 Å². The van der Waals surface area contributed by atoms with E-state index in [1.807, 2.05) is 45.0 Å². The molecule has 43 heavy (non-hydrogen) atoms. The number of rotatable bonds is 8. The van der Waals surface area contributed by atoms with Crippen LogP contribution in [0.2, 0.25) is 0 Å². The fourth-order valence-electron chi connectivity index (χ4n) is 5.45. The lowest BCUT2D eigenvalue weighted by Crippen LogP contribution is -2.24. The molecule has 0 amide bonds. The van der Waals surface area contributed by atoms with Crippen molar-refractivity contribution in [2.24, 2.45) is 0 Å². The van der Waals surface area contributed by atoms with E-state index in [0.29, 0.717) is 29.1 Å². The van der Waals surface area contributed by atoms with Gasteiger partial charge in [0.1, 0.15) is 5.75 Å². The smallest absolute Gasteiger partial charge is 0.196 e. The molecule has 0 aliphatic heterocycles. The number of aryl methyl sites for hydroxylation is 2. The summed E-state index contributed by atoms with van der Waals surface area (Å²) in [4.78, 5) is 28.8. The number of fused-ring (bicyclic) bond motifs is 2. The average Bonchev–Trinajstić information content (AvgIpc) is 2.97. The van der Waals surface area contributed by atoms with Crippen LogP contribution >= 0.6 is 11.9 Å². The second-order valence-corrected chi connectivity index (χ2v) is 12.8. The van der Waals surface area contributed by atoms with Crippen LogP contribution in [0.25, 0.3) is 0 Å². The molecule has 4 aromatic rings. The molecule has 5 N–H and O–H groups in total. The zero-order valence-corrected chi connectivity index (χ0v) is 26.2. The van der Waals surface area contributed by atoms with Gasteiger partial charge >= 0.3 is 0 Å². The highest BCUT2D eigenvalue weighted by atomic mass is 32.2. The maximum Gasteiger partial charge on any atom is 0.196 e. The summed E-state index contributed by atoms with van der Waals surface area (Å²) in [6, 6.07) is 18.4. The van der Waals surface area contributed by atoms with Crippen LogP contribution in [0.15, 0.2) is 65.6 Å². The number of anilines is 3. The number of hydrogen-bond acceptors (Lipinski definition) is 8. The number of aliphatic hydroxyl groups is 1. The molecule has 0 aromatic heterocycles. The minimum absolute atomic E-state index is 0.0187. The Labute approximate surface area is 257 Å². The van der Waals surface area contributed by atoms with Crippen molar-refractivity contribution in [3.63, 3.8) is 0 Å². The van der Waals surface area contributed by atoms with Gasteiger partial charge in [0, 0.05) is 34.3 Å². The van der Waals surface area contributed by atoms with Crippen LogP contribution < -0.4 is 20.5 Å². The number of carbonyl (C=O) groups excluding carboxylic acids is 2. The minimum atomic E-state index is -0.318. The van der Waals surface area contributed by atoms with Crippen LogP contribution in [0.3, 0.4) is 0 Å². The molecule has 0 fully saturated rings. The Kier molecular flexibility index (Phi) is 8.38. The lowest BCUT2D eigenvalue weighted by molar-refractivity contribution is 0.0980. The van der Waals surface area contributed by atoms with E-state index in [9.17, 15) is 14.7 Å². The van der Waals surface area contributed by atoms with E-state index in [1.165, 1.54) is 11.9 Å². The largest absolute Gasteiger partial charge is 0.455 e. The molecule has 1 aliphatic carbocycles. The first-order valence-corrected chi connectivity index (χ1v) is 15.1. The molecule has 0 radical (unpaired) electrons. The summed E-state index contributed by atoms with van der Waals surface area (Å²) in [7, 11) is 0. The monoisotopic (exact) mass is 595 g/mol. The van der Waals surface area contributed by atoms with E-state index in [2.05, 4.69) is 36.9 Å². The number of ether oxygens (including phenoxy) is 1. The lowest BCUT2D eigenvalue weighted by Gasteiger charge is -2.26. The molecule has 0 atom stereocenters. The van der Waals surface area contributed by atoms with Crippen LogP contribution in [0.4, 0.5) is 17.1 Å². The van der Waals surface area contributed by atoms with E-state index < -0.39 is 0 Å². The van der Waals surface area contributed by atoms with Gasteiger partial charge in [-0.2, -0.15) is 0 Å². The van der Waals surface area contributed by atoms with Gasteiger partial charge in [-0.05, 0) is 72.5 Å². The fourth-order valence-corrected chi connectivity index (χ4v) is 6.26. The van der Waals surface area contributed by atoms with Crippen LogP contribution in [-0.4, -0.2) is 29.8 Å². The predicted octanol–water partition coefficient (Wildman–Crippen LogP) is 7.39. The Morgan fingerprint density at radius 3 is 2.12 bits per heavy atom. The van der Waals surface area contributed by atoms with Crippen molar-refractivity contribution in [1.29, 1.82) is 0 Å². The van der Waals surface area contributed by atoms with Crippen molar-refractivity contribution < 1.29 is 19.4 Å². The molecule has 5 rings (SSSR count). The summed E-state index contributed by atoms with van der Waals surface area (Å²) in [5.41, 5.74) is 13.2. The Morgan fingerprint density at radius 1 is 0.884 bits per heavy atom. The summed E-state index contributed by atoms with van der Waals surface area (Å²) in [5, 5.41) is 12.7. The number of aliphatic hydroxyl groups excluding tert-OH is 1. The van der Waals surface area contributed by atoms with Gasteiger partial charge in [-0.3, -0.25) is 14.3 Å². The molecular formula is C35H37N3O4S. The van der Waals surface area contributed by atoms with Gasteiger partial charge in [0.15, 0.2) is 17.3 Å². The van der Waals surface area contributed by atoms with Gasteiger partial charge in [-0.25, -0.2) is 0 Å². The second-order valence-electron chi connectivity index (χ2n) is 11.9. The number of ketones is 2. The molecule has 8 heteroatoms.